The summed E-state index contributed by atoms with van der Waals surface area (Å²) >= 11 is 0. The van der Waals surface area contributed by atoms with E-state index in [2.05, 4.69) is 6.92 Å². The molecular weight excluding hydrogens is 332 g/mol. The van der Waals surface area contributed by atoms with Crippen LogP contribution in [0.4, 0.5) is 0 Å². The van der Waals surface area contributed by atoms with Gasteiger partial charge in [-0.25, -0.2) is 0 Å². The molecule has 1 aromatic carbocycles. The lowest BCUT2D eigenvalue weighted by Crippen LogP contribution is -1.98. The zero-order chi connectivity index (χ0) is 19.6. The Kier molecular flexibility index (Phi) is 14.8. The molecule has 0 unspecified atom stereocenters. The van der Waals surface area contributed by atoms with Gasteiger partial charge in [-0.15, -0.1) is 0 Å². The van der Waals surface area contributed by atoms with Crippen LogP contribution in [0.2, 0.25) is 0 Å². The van der Waals surface area contributed by atoms with Crippen LogP contribution in [0.15, 0.2) is 24.3 Å². The topological polar surface area (TPSA) is 26.3 Å². The molecule has 2 nitrogen and oxygen atoms in total. The van der Waals surface area contributed by atoms with Gasteiger partial charge < -0.3 is 4.74 Å². The molecular formula is C25H42O2. The van der Waals surface area contributed by atoms with Gasteiger partial charge >= 0.3 is 0 Å². The van der Waals surface area contributed by atoms with Crippen molar-refractivity contribution in [3.8, 4) is 5.75 Å². The standard InChI is InChI=1S/C25H42O2/c1-3-4-5-6-7-8-9-10-11-12-13-14-15-16-17-22-27-25-20-18-24(19-21-25)23(2)26/h18-21H,3-17,22H2,1-2H3. The molecule has 0 saturated heterocycles. The van der Waals surface area contributed by atoms with E-state index in [1.165, 1.54) is 89.9 Å². The Bertz CT molecular complexity index is 464. The maximum absolute atomic E-state index is 11.2. The minimum atomic E-state index is 0.101. The number of hydrogen-bond acceptors (Lipinski definition) is 2. The maximum atomic E-state index is 11.2. The van der Waals surface area contributed by atoms with E-state index in [0.29, 0.717) is 0 Å². The molecule has 0 radical (unpaired) electrons. The number of benzene rings is 1. The second kappa shape index (κ2) is 16.8. The average Bonchev–Trinajstić information content (AvgIpc) is 2.68. The van der Waals surface area contributed by atoms with E-state index < -0.39 is 0 Å². The first-order chi connectivity index (χ1) is 13.2. The van der Waals surface area contributed by atoms with Gasteiger partial charge in [-0.05, 0) is 37.6 Å². The molecule has 0 spiro atoms. The highest BCUT2D eigenvalue weighted by Crippen LogP contribution is 2.15. The fraction of sp³-hybridized carbons (Fsp3) is 0.720. The van der Waals surface area contributed by atoms with Crippen LogP contribution >= 0.6 is 0 Å². The van der Waals surface area contributed by atoms with Gasteiger partial charge in [-0.3, -0.25) is 4.79 Å². The zero-order valence-corrected chi connectivity index (χ0v) is 17.9. The number of ketones is 1. The number of Topliss-reactive ketones (excluding diaryl/α,β-unsaturated/α-hetero) is 1. The first kappa shape index (κ1) is 23.7. The van der Waals surface area contributed by atoms with Crippen molar-refractivity contribution in [2.45, 2.75) is 110 Å². The highest BCUT2D eigenvalue weighted by atomic mass is 16.5. The molecule has 154 valence electrons. The van der Waals surface area contributed by atoms with Crippen LogP contribution in [0.25, 0.3) is 0 Å². The van der Waals surface area contributed by atoms with E-state index in [9.17, 15) is 4.79 Å². The molecule has 27 heavy (non-hydrogen) atoms. The molecule has 0 aliphatic heterocycles. The fourth-order valence-electron chi connectivity index (χ4n) is 3.45. The van der Waals surface area contributed by atoms with Crippen molar-refractivity contribution in [2.75, 3.05) is 6.61 Å². The second-order valence-corrected chi connectivity index (χ2v) is 7.88. The highest BCUT2D eigenvalue weighted by Gasteiger charge is 1.99. The second-order valence-electron chi connectivity index (χ2n) is 7.88. The van der Waals surface area contributed by atoms with Crippen LogP contribution in [-0.2, 0) is 0 Å². The van der Waals surface area contributed by atoms with Crippen LogP contribution in [0.3, 0.4) is 0 Å². The van der Waals surface area contributed by atoms with E-state index in [0.717, 1.165) is 24.3 Å². The SMILES string of the molecule is CCCCCCCCCCCCCCCCCOc1ccc(C(C)=O)cc1. The van der Waals surface area contributed by atoms with E-state index in [1.807, 2.05) is 24.3 Å². The summed E-state index contributed by atoms with van der Waals surface area (Å²) in [6.07, 6.45) is 20.7. The Morgan fingerprint density at radius 1 is 0.667 bits per heavy atom. The summed E-state index contributed by atoms with van der Waals surface area (Å²) in [5.41, 5.74) is 0.745. The van der Waals surface area contributed by atoms with Crippen molar-refractivity contribution in [1.29, 1.82) is 0 Å². The summed E-state index contributed by atoms with van der Waals surface area (Å²) in [4.78, 5) is 11.2. The predicted octanol–water partition coefficient (Wildman–Crippen LogP) is 8.14. The summed E-state index contributed by atoms with van der Waals surface area (Å²) in [5.74, 6) is 0.967. The van der Waals surface area contributed by atoms with Crippen LogP contribution in [0.5, 0.6) is 5.75 Å². The van der Waals surface area contributed by atoms with Gasteiger partial charge in [0, 0.05) is 5.56 Å². The first-order valence-electron chi connectivity index (χ1n) is 11.5. The molecule has 2 heteroatoms. The van der Waals surface area contributed by atoms with Crippen LogP contribution < -0.4 is 4.74 Å². The molecule has 0 aliphatic rings. The van der Waals surface area contributed by atoms with Crippen molar-refractivity contribution < 1.29 is 9.53 Å². The van der Waals surface area contributed by atoms with Gasteiger partial charge in [0.1, 0.15) is 5.75 Å². The van der Waals surface area contributed by atoms with Crippen LogP contribution in [-0.4, -0.2) is 12.4 Å². The summed E-state index contributed by atoms with van der Waals surface area (Å²) in [5, 5.41) is 0. The van der Waals surface area contributed by atoms with Crippen molar-refractivity contribution in [1.82, 2.24) is 0 Å². The Morgan fingerprint density at radius 3 is 1.48 bits per heavy atom. The number of rotatable bonds is 18. The third-order valence-electron chi connectivity index (χ3n) is 5.28. The molecule has 0 aromatic heterocycles. The summed E-state index contributed by atoms with van der Waals surface area (Å²) < 4.78 is 5.74. The Morgan fingerprint density at radius 2 is 1.07 bits per heavy atom. The fourth-order valence-corrected chi connectivity index (χ4v) is 3.45. The van der Waals surface area contributed by atoms with Gasteiger partial charge in [0.25, 0.3) is 0 Å². The summed E-state index contributed by atoms with van der Waals surface area (Å²) in [6, 6.07) is 7.46. The summed E-state index contributed by atoms with van der Waals surface area (Å²) in [6.45, 7) is 4.65. The monoisotopic (exact) mass is 374 g/mol. The molecule has 0 aliphatic carbocycles. The van der Waals surface area contributed by atoms with Crippen LogP contribution in [0.1, 0.15) is 121 Å². The molecule has 0 amide bonds. The molecule has 0 fully saturated rings. The lowest BCUT2D eigenvalue weighted by molar-refractivity contribution is 0.101. The summed E-state index contributed by atoms with van der Waals surface area (Å²) in [7, 11) is 0. The third-order valence-corrected chi connectivity index (χ3v) is 5.28. The Balaban J connectivity index is 1.81. The number of carbonyl (C=O) groups excluding carboxylic acids is 1. The van der Waals surface area contributed by atoms with Crippen LogP contribution in [0, 0.1) is 0 Å². The Hall–Kier alpha value is -1.31. The van der Waals surface area contributed by atoms with E-state index in [-0.39, 0.29) is 5.78 Å². The minimum Gasteiger partial charge on any atom is -0.494 e. The molecule has 1 aromatic rings. The van der Waals surface area contributed by atoms with E-state index >= 15 is 0 Å². The van der Waals surface area contributed by atoms with Gasteiger partial charge in [-0.2, -0.15) is 0 Å². The molecule has 0 atom stereocenters. The third kappa shape index (κ3) is 13.5. The lowest BCUT2D eigenvalue weighted by atomic mass is 10.0. The normalized spacial score (nSPS) is 10.9. The van der Waals surface area contributed by atoms with Gasteiger partial charge in [0.2, 0.25) is 0 Å². The van der Waals surface area contributed by atoms with E-state index in [1.54, 1.807) is 6.92 Å². The molecule has 0 N–H and O–H groups in total. The largest absolute Gasteiger partial charge is 0.494 e. The number of unbranched alkanes of at least 4 members (excludes halogenated alkanes) is 14. The minimum absolute atomic E-state index is 0.101. The predicted molar refractivity (Wildman–Crippen MR) is 117 cm³/mol. The molecule has 0 heterocycles. The van der Waals surface area contributed by atoms with Gasteiger partial charge in [0.15, 0.2) is 5.78 Å². The lowest BCUT2D eigenvalue weighted by Gasteiger charge is -2.07. The van der Waals surface area contributed by atoms with Gasteiger partial charge in [-0.1, -0.05) is 96.8 Å². The Labute approximate surface area is 168 Å². The maximum Gasteiger partial charge on any atom is 0.159 e. The molecule has 0 saturated carbocycles. The van der Waals surface area contributed by atoms with Crippen molar-refractivity contribution in [2.24, 2.45) is 0 Å². The average molecular weight is 375 g/mol. The molecule has 1 rings (SSSR count). The zero-order valence-electron chi connectivity index (χ0n) is 17.9. The quantitative estimate of drug-likeness (QED) is 0.191. The van der Waals surface area contributed by atoms with E-state index in [4.69, 9.17) is 4.74 Å². The smallest absolute Gasteiger partial charge is 0.159 e. The first-order valence-corrected chi connectivity index (χ1v) is 11.5. The number of hydrogen-bond donors (Lipinski definition) is 0. The van der Waals surface area contributed by atoms with Crippen molar-refractivity contribution >= 4 is 5.78 Å². The highest BCUT2D eigenvalue weighted by molar-refractivity contribution is 5.94. The molecule has 0 bridgehead atoms. The van der Waals surface area contributed by atoms with Gasteiger partial charge in [0.05, 0.1) is 6.61 Å². The van der Waals surface area contributed by atoms with Crippen molar-refractivity contribution in [3.63, 3.8) is 0 Å². The number of ether oxygens (including phenoxy) is 1. The van der Waals surface area contributed by atoms with Crippen molar-refractivity contribution in [3.05, 3.63) is 29.8 Å². The number of carbonyl (C=O) groups is 1.